The van der Waals surface area contributed by atoms with Crippen molar-refractivity contribution in [2.45, 2.75) is 38.6 Å². The van der Waals surface area contributed by atoms with Crippen LogP contribution in [0.1, 0.15) is 31.4 Å². The van der Waals surface area contributed by atoms with Gasteiger partial charge in [0.05, 0.1) is 0 Å². The van der Waals surface area contributed by atoms with Gasteiger partial charge in [-0.2, -0.15) is 4.98 Å². The lowest BCUT2D eigenvalue weighted by Gasteiger charge is -2.36. The van der Waals surface area contributed by atoms with Crippen molar-refractivity contribution in [3.63, 3.8) is 0 Å². The molecule has 1 saturated heterocycles. The van der Waals surface area contributed by atoms with Crippen LogP contribution < -0.4 is 10.6 Å². The molecule has 1 atom stereocenters. The molecular weight excluding hydrogens is 216 g/mol. The van der Waals surface area contributed by atoms with Gasteiger partial charge in [-0.15, -0.1) is 0 Å². The van der Waals surface area contributed by atoms with Crippen molar-refractivity contribution >= 4 is 11.8 Å². The fourth-order valence-electron chi connectivity index (χ4n) is 2.47. The average Bonchev–Trinajstić information content (AvgIpc) is 2.29. The predicted molar refractivity (Wildman–Crippen MR) is 67.9 cm³/mol. The Morgan fingerprint density at radius 1 is 1.47 bits per heavy atom. The first-order chi connectivity index (χ1) is 8.20. The number of nitrogen functional groups attached to an aromatic ring is 1. The maximum atomic E-state index is 9.11. The molecule has 94 valence electrons. The van der Waals surface area contributed by atoms with Crippen molar-refractivity contribution in [3.05, 3.63) is 11.8 Å². The van der Waals surface area contributed by atoms with Crippen molar-refractivity contribution in [2.24, 2.45) is 0 Å². The number of anilines is 2. The van der Waals surface area contributed by atoms with E-state index in [2.05, 4.69) is 14.9 Å². The van der Waals surface area contributed by atoms with Gasteiger partial charge in [-0.25, -0.2) is 4.98 Å². The minimum Gasteiger partial charge on any atom is -0.396 e. The molecule has 0 radical (unpaired) electrons. The number of nitrogens with two attached hydrogens (primary N) is 1. The van der Waals surface area contributed by atoms with Gasteiger partial charge < -0.3 is 15.7 Å². The molecule has 17 heavy (non-hydrogen) atoms. The first kappa shape index (κ1) is 12.1. The van der Waals surface area contributed by atoms with Crippen molar-refractivity contribution in [2.75, 3.05) is 23.8 Å². The number of aryl methyl sites for hydroxylation is 1. The molecule has 0 spiro atoms. The number of aromatic nitrogens is 2. The summed E-state index contributed by atoms with van der Waals surface area (Å²) in [6.45, 7) is 3.13. The molecule has 1 aromatic heterocycles. The zero-order chi connectivity index (χ0) is 12.3. The summed E-state index contributed by atoms with van der Waals surface area (Å²) in [5, 5.41) is 9.11. The van der Waals surface area contributed by atoms with Crippen molar-refractivity contribution in [1.82, 2.24) is 9.97 Å². The van der Waals surface area contributed by atoms with Crippen LogP contribution in [0.3, 0.4) is 0 Å². The Morgan fingerprint density at radius 3 is 3.00 bits per heavy atom. The zero-order valence-corrected chi connectivity index (χ0v) is 10.3. The molecule has 1 aromatic rings. The van der Waals surface area contributed by atoms with Crippen LogP contribution in [0.5, 0.6) is 0 Å². The Labute approximate surface area is 102 Å². The minimum absolute atomic E-state index is 0.223. The molecule has 0 aliphatic carbocycles. The maximum Gasteiger partial charge on any atom is 0.222 e. The molecule has 1 unspecified atom stereocenters. The molecule has 1 aliphatic rings. The normalized spacial score (nSPS) is 20.6. The number of nitrogens with zero attached hydrogens (tertiary/aromatic N) is 3. The number of aliphatic hydroxyl groups is 1. The second kappa shape index (κ2) is 5.31. The quantitative estimate of drug-likeness (QED) is 0.822. The highest BCUT2D eigenvalue weighted by molar-refractivity contribution is 5.44. The fourth-order valence-corrected chi connectivity index (χ4v) is 2.47. The van der Waals surface area contributed by atoms with E-state index in [1.54, 1.807) is 0 Å². The summed E-state index contributed by atoms with van der Waals surface area (Å²) in [5.41, 5.74) is 6.58. The number of rotatable bonds is 3. The molecule has 0 aromatic carbocycles. The molecule has 0 saturated carbocycles. The first-order valence-electron chi connectivity index (χ1n) is 6.19. The monoisotopic (exact) mass is 236 g/mol. The van der Waals surface area contributed by atoms with E-state index in [0.717, 1.165) is 30.9 Å². The Hall–Kier alpha value is -1.36. The van der Waals surface area contributed by atoms with Gasteiger partial charge in [0.25, 0.3) is 0 Å². The highest BCUT2D eigenvalue weighted by Crippen LogP contribution is 2.25. The molecule has 2 rings (SSSR count). The molecule has 0 amide bonds. The molecule has 1 fully saturated rings. The molecule has 5 heteroatoms. The fraction of sp³-hybridized carbons (Fsp3) is 0.667. The smallest absolute Gasteiger partial charge is 0.222 e. The van der Waals surface area contributed by atoms with Crippen LogP contribution in [0.15, 0.2) is 6.07 Å². The lowest BCUT2D eigenvalue weighted by Crippen LogP contribution is -2.40. The number of hydrogen-bond donors (Lipinski definition) is 2. The molecule has 3 N–H and O–H groups in total. The van der Waals surface area contributed by atoms with E-state index >= 15 is 0 Å². The Balaban J connectivity index is 2.22. The number of hydrogen-bond acceptors (Lipinski definition) is 5. The second-order valence-electron chi connectivity index (χ2n) is 4.58. The average molecular weight is 236 g/mol. The third kappa shape index (κ3) is 2.85. The van der Waals surface area contributed by atoms with Crippen LogP contribution in [-0.4, -0.2) is 34.3 Å². The maximum absolute atomic E-state index is 9.11. The van der Waals surface area contributed by atoms with Crippen LogP contribution in [0.25, 0.3) is 0 Å². The lowest BCUT2D eigenvalue weighted by atomic mass is 9.99. The van der Waals surface area contributed by atoms with Crippen LogP contribution in [0, 0.1) is 6.92 Å². The van der Waals surface area contributed by atoms with Gasteiger partial charge >= 0.3 is 0 Å². The highest BCUT2D eigenvalue weighted by Gasteiger charge is 2.23. The van der Waals surface area contributed by atoms with E-state index in [1.807, 2.05) is 13.0 Å². The van der Waals surface area contributed by atoms with Gasteiger partial charge in [-0.05, 0) is 32.6 Å². The van der Waals surface area contributed by atoms with Gasteiger partial charge in [0.2, 0.25) is 5.95 Å². The van der Waals surface area contributed by atoms with Gasteiger partial charge in [0.1, 0.15) is 5.82 Å². The Bertz CT molecular complexity index is 361. The third-order valence-electron chi connectivity index (χ3n) is 3.24. The van der Waals surface area contributed by atoms with Crippen molar-refractivity contribution in [1.29, 1.82) is 0 Å². The lowest BCUT2D eigenvalue weighted by molar-refractivity contribution is 0.262. The largest absolute Gasteiger partial charge is 0.396 e. The summed E-state index contributed by atoms with van der Waals surface area (Å²) in [4.78, 5) is 10.6. The summed E-state index contributed by atoms with van der Waals surface area (Å²) in [6.07, 6.45) is 4.30. The highest BCUT2D eigenvalue weighted by atomic mass is 16.3. The van der Waals surface area contributed by atoms with Crippen molar-refractivity contribution in [3.8, 4) is 0 Å². The molecule has 5 nitrogen and oxygen atoms in total. The SMILES string of the molecule is Cc1cc(N2CCCCC2CCO)nc(N)n1. The first-order valence-corrected chi connectivity index (χ1v) is 6.19. The summed E-state index contributed by atoms with van der Waals surface area (Å²) in [5.74, 6) is 1.22. The Morgan fingerprint density at radius 2 is 2.29 bits per heavy atom. The number of aliphatic hydroxyl groups excluding tert-OH is 1. The molecule has 2 heterocycles. The Kier molecular flexibility index (Phi) is 3.78. The zero-order valence-electron chi connectivity index (χ0n) is 10.3. The van der Waals surface area contributed by atoms with Crippen LogP contribution in [-0.2, 0) is 0 Å². The van der Waals surface area contributed by atoms with Crippen LogP contribution >= 0.6 is 0 Å². The van der Waals surface area contributed by atoms with Crippen LogP contribution in [0.4, 0.5) is 11.8 Å². The van der Waals surface area contributed by atoms with Crippen LogP contribution in [0.2, 0.25) is 0 Å². The standard InChI is InChI=1S/C12H20N4O/c1-9-8-11(15-12(13)14-9)16-6-3-2-4-10(16)5-7-17/h8,10,17H,2-7H2,1H3,(H2,13,14,15). The van der Waals surface area contributed by atoms with E-state index < -0.39 is 0 Å². The predicted octanol–water partition coefficient (Wildman–Crippen LogP) is 1.11. The topological polar surface area (TPSA) is 75.3 Å². The third-order valence-corrected chi connectivity index (χ3v) is 3.24. The second-order valence-corrected chi connectivity index (χ2v) is 4.58. The summed E-state index contributed by atoms with van der Waals surface area (Å²) >= 11 is 0. The van der Waals surface area contributed by atoms with Gasteiger partial charge in [-0.3, -0.25) is 0 Å². The van der Waals surface area contributed by atoms with E-state index in [-0.39, 0.29) is 6.61 Å². The molecule has 0 bridgehead atoms. The van der Waals surface area contributed by atoms with Gasteiger partial charge in [-0.1, -0.05) is 0 Å². The minimum atomic E-state index is 0.223. The van der Waals surface area contributed by atoms with E-state index in [1.165, 1.54) is 12.8 Å². The van der Waals surface area contributed by atoms with E-state index in [9.17, 15) is 0 Å². The number of piperidine rings is 1. The van der Waals surface area contributed by atoms with Gasteiger partial charge in [0, 0.05) is 31.0 Å². The molecule has 1 aliphatic heterocycles. The summed E-state index contributed by atoms with van der Waals surface area (Å²) in [6, 6.07) is 2.34. The van der Waals surface area contributed by atoms with Crippen molar-refractivity contribution < 1.29 is 5.11 Å². The van der Waals surface area contributed by atoms with Gasteiger partial charge in [0.15, 0.2) is 0 Å². The summed E-state index contributed by atoms with van der Waals surface area (Å²) in [7, 11) is 0. The van der Waals surface area contributed by atoms with E-state index in [0.29, 0.717) is 12.0 Å². The summed E-state index contributed by atoms with van der Waals surface area (Å²) < 4.78 is 0. The molecular formula is C12H20N4O. The van der Waals surface area contributed by atoms with E-state index in [4.69, 9.17) is 10.8 Å².